The fraction of sp³-hybridized carbons (Fsp3) is 0.750. The highest BCUT2D eigenvalue weighted by molar-refractivity contribution is 7.99. The lowest BCUT2D eigenvalue weighted by Crippen LogP contribution is -2.17. The van der Waals surface area contributed by atoms with Gasteiger partial charge in [-0.2, -0.15) is 0 Å². The molecule has 0 radical (unpaired) electrons. The second-order valence-corrected chi connectivity index (χ2v) is 5.24. The predicted molar refractivity (Wildman–Crippen MR) is 70.7 cm³/mol. The molecule has 1 atom stereocenters. The summed E-state index contributed by atoms with van der Waals surface area (Å²) < 4.78 is 2.24. The number of rotatable bonds is 8. The summed E-state index contributed by atoms with van der Waals surface area (Å²) in [4.78, 5) is 4.36. The first-order chi connectivity index (χ1) is 7.74. The molecule has 4 heteroatoms. The number of thioether (sulfide) groups is 1. The molecule has 16 heavy (non-hydrogen) atoms. The van der Waals surface area contributed by atoms with E-state index in [-0.39, 0.29) is 6.04 Å². The molecule has 2 N–H and O–H groups in total. The van der Waals surface area contributed by atoms with Crippen LogP contribution in [0.25, 0.3) is 0 Å². The maximum atomic E-state index is 5.74. The first-order valence-electron chi connectivity index (χ1n) is 6.13. The minimum absolute atomic E-state index is 0.232. The second kappa shape index (κ2) is 7.74. The van der Waals surface area contributed by atoms with Gasteiger partial charge in [0.15, 0.2) is 5.16 Å². The quantitative estimate of drug-likeness (QED) is 0.562. The molecular formula is C12H23N3S. The van der Waals surface area contributed by atoms with E-state index in [1.165, 1.54) is 25.7 Å². The van der Waals surface area contributed by atoms with Gasteiger partial charge in [0.25, 0.3) is 0 Å². The van der Waals surface area contributed by atoms with Crippen molar-refractivity contribution in [1.82, 2.24) is 9.55 Å². The lowest BCUT2D eigenvalue weighted by Gasteiger charge is -2.08. The van der Waals surface area contributed by atoms with Crippen molar-refractivity contribution in [3.05, 3.63) is 12.4 Å². The number of nitrogens with two attached hydrogens (primary N) is 1. The van der Waals surface area contributed by atoms with E-state index in [0.717, 1.165) is 17.5 Å². The van der Waals surface area contributed by atoms with Gasteiger partial charge in [-0.1, -0.05) is 37.9 Å². The van der Waals surface area contributed by atoms with Crippen LogP contribution in [0.4, 0.5) is 0 Å². The summed E-state index contributed by atoms with van der Waals surface area (Å²) >= 11 is 1.75. The van der Waals surface area contributed by atoms with E-state index in [9.17, 15) is 0 Å². The van der Waals surface area contributed by atoms with Crippen molar-refractivity contribution in [3.8, 4) is 0 Å². The summed E-state index contributed by atoms with van der Waals surface area (Å²) in [6.45, 7) is 5.35. The third kappa shape index (κ3) is 5.03. The van der Waals surface area contributed by atoms with Crippen LogP contribution >= 0.6 is 11.8 Å². The van der Waals surface area contributed by atoms with Crippen LogP contribution in [0, 0.1) is 0 Å². The minimum Gasteiger partial charge on any atom is -0.327 e. The molecule has 1 aromatic rings. The molecule has 0 bridgehead atoms. The predicted octanol–water partition coefficient (Wildman–Crippen LogP) is 2.90. The summed E-state index contributed by atoms with van der Waals surface area (Å²) in [5, 5.41) is 1.11. The van der Waals surface area contributed by atoms with E-state index in [0.29, 0.717) is 0 Å². The summed E-state index contributed by atoms with van der Waals surface area (Å²) in [5.74, 6) is 0.936. The SMILES string of the molecule is CCCCCCn1ccnc1SC[C@H](C)N. The second-order valence-electron chi connectivity index (χ2n) is 4.25. The maximum absolute atomic E-state index is 5.74. The van der Waals surface area contributed by atoms with Gasteiger partial charge in [0.1, 0.15) is 0 Å². The van der Waals surface area contributed by atoms with Gasteiger partial charge in [0.2, 0.25) is 0 Å². The van der Waals surface area contributed by atoms with Crippen molar-refractivity contribution in [3.63, 3.8) is 0 Å². The fourth-order valence-corrected chi connectivity index (χ4v) is 2.39. The zero-order chi connectivity index (χ0) is 11.8. The number of hydrogen-bond acceptors (Lipinski definition) is 3. The standard InChI is InChI=1S/C12H23N3S/c1-3-4-5-6-8-15-9-7-14-12(15)16-10-11(2)13/h7,9,11H,3-6,8,10,13H2,1-2H3/t11-/m0/s1. The Bertz CT molecular complexity index is 284. The number of imidazole rings is 1. The first kappa shape index (κ1) is 13.6. The molecule has 0 amide bonds. The van der Waals surface area contributed by atoms with Gasteiger partial charge in [-0.05, 0) is 13.3 Å². The normalized spacial score (nSPS) is 12.9. The summed E-state index contributed by atoms with van der Waals surface area (Å²) in [5.41, 5.74) is 5.74. The van der Waals surface area contributed by atoms with E-state index in [1.54, 1.807) is 11.8 Å². The van der Waals surface area contributed by atoms with Gasteiger partial charge in [-0.25, -0.2) is 4.98 Å². The third-order valence-electron chi connectivity index (χ3n) is 2.41. The number of aromatic nitrogens is 2. The van der Waals surface area contributed by atoms with Crippen molar-refractivity contribution in [2.45, 2.75) is 57.3 Å². The molecule has 0 spiro atoms. The molecule has 0 unspecified atom stereocenters. The average Bonchev–Trinajstić information content (AvgIpc) is 2.69. The number of hydrogen-bond donors (Lipinski definition) is 1. The molecule has 1 rings (SSSR count). The van der Waals surface area contributed by atoms with Gasteiger partial charge < -0.3 is 10.3 Å². The largest absolute Gasteiger partial charge is 0.327 e. The van der Waals surface area contributed by atoms with Crippen LogP contribution in [-0.2, 0) is 6.54 Å². The highest BCUT2D eigenvalue weighted by atomic mass is 32.2. The molecule has 0 fully saturated rings. The molecule has 0 saturated heterocycles. The monoisotopic (exact) mass is 241 g/mol. The van der Waals surface area contributed by atoms with Crippen LogP contribution < -0.4 is 5.73 Å². The van der Waals surface area contributed by atoms with E-state index in [2.05, 4.69) is 22.7 Å². The molecule has 0 aromatic carbocycles. The Kier molecular flexibility index (Phi) is 6.57. The topological polar surface area (TPSA) is 43.8 Å². The average molecular weight is 241 g/mol. The Morgan fingerprint density at radius 3 is 2.94 bits per heavy atom. The van der Waals surface area contributed by atoms with Crippen molar-refractivity contribution >= 4 is 11.8 Å². The Balaban J connectivity index is 2.32. The lowest BCUT2D eigenvalue weighted by molar-refractivity contribution is 0.552. The molecule has 1 heterocycles. The van der Waals surface area contributed by atoms with Gasteiger partial charge in [0.05, 0.1) is 0 Å². The number of nitrogens with zero attached hydrogens (tertiary/aromatic N) is 2. The van der Waals surface area contributed by atoms with E-state index < -0.39 is 0 Å². The maximum Gasteiger partial charge on any atom is 0.167 e. The van der Waals surface area contributed by atoms with Crippen LogP contribution in [0.3, 0.4) is 0 Å². The molecule has 92 valence electrons. The molecule has 0 aliphatic heterocycles. The van der Waals surface area contributed by atoms with Crippen LogP contribution in [-0.4, -0.2) is 21.3 Å². The number of unbranched alkanes of at least 4 members (excludes halogenated alkanes) is 3. The van der Waals surface area contributed by atoms with Crippen molar-refractivity contribution in [2.75, 3.05) is 5.75 Å². The van der Waals surface area contributed by atoms with Crippen molar-refractivity contribution < 1.29 is 0 Å². The molecule has 0 aliphatic carbocycles. The van der Waals surface area contributed by atoms with Gasteiger partial charge in [0, 0.05) is 30.7 Å². The molecular weight excluding hydrogens is 218 g/mol. The van der Waals surface area contributed by atoms with Crippen LogP contribution in [0.15, 0.2) is 17.6 Å². The van der Waals surface area contributed by atoms with Gasteiger partial charge >= 0.3 is 0 Å². The molecule has 0 aliphatic rings. The molecule has 0 saturated carbocycles. The fourth-order valence-electron chi connectivity index (χ4n) is 1.52. The minimum atomic E-state index is 0.232. The Labute approximate surface area is 103 Å². The van der Waals surface area contributed by atoms with E-state index in [4.69, 9.17) is 5.73 Å². The van der Waals surface area contributed by atoms with Crippen LogP contribution in [0.5, 0.6) is 0 Å². The van der Waals surface area contributed by atoms with E-state index in [1.807, 2.05) is 13.1 Å². The molecule has 3 nitrogen and oxygen atoms in total. The van der Waals surface area contributed by atoms with Crippen molar-refractivity contribution in [1.29, 1.82) is 0 Å². The van der Waals surface area contributed by atoms with E-state index >= 15 is 0 Å². The Morgan fingerprint density at radius 2 is 2.25 bits per heavy atom. The number of aryl methyl sites for hydroxylation is 1. The van der Waals surface area contributed by atoms with Gasteiger partial charge in [-0.15, -0.1) is 0 Å². The zero-order valence-corrected chi connectivity index (χ0v) is 11.2. The first-order valence-corrected chi connectivity index (χ1v) is 7.12. The lowest BCUT2D eigenvalue weighted by atomic mass is 10.2. The Hall–Kier alpha value is -0.480. The smallest absolute Gasteiger partial charge is 0.167 e. The summed E-state index contributed by atoms with van der Waals surface area (Å²) in [6.07, 6.45) is 9.12. The zero-order valence-electron chi connectivity index (χ0n) is 10.4. The summed E-state index contributed by atoms with van der Waals surface area (Å²) in [6, 6.07) is 0.232. The summed E-state index contributed by atoms with van der Waals surface area (Å²) in [7, 11) is 0. The Morgan fingerprint density at radius 1 is 1.44 bits per heavy atom. The third-order valence-corrected chi connectivity index (χ3v) is 3.70. The van der Waals surface area contributed by atoms with Crippen LogP contribution in [0.1, 0.15) is 39.5 Å². The van der Waals surface area contributed by atoms with Crippen molar-refractivity contribution in [2.24, 2.45) is 5.73 Å². The highest BCUT2D eigenvalue weighted by Crippen LogP contribution is 2.17. The molecule has 1 aromatic heterocycles. The highest BCUT2D eigenvalue weighted by Gasteiger charge is 2.04. The van der Waals surface area contributed by atoms with Crippen LogP contribution in [0.2, 0.25) is 0 Å². The van der Waals surface area contributed by atoms with Gasteiger partial charge in [-0.3, -0.25) is 0 Å².